The normalized spacial score (nSPS) is 10.9. The first-order chi connectivity index (χ1) is 12.5. The van der Waals surface area contributed by atoms with E-state index in [9.17, 15) is 14.9 Å². The Balaban J connectivity index is 2.14. The Morgan fingerprint density at radius 2 is 1.77 bits per heavy atom. The summed E-state index contributed by atoms with van der Waals surface area (Å²) in [4.78, 5) is 23.5. The minimum atomic E-state index is -0.532. The second-order valence-electron chi connectivity index (χ2n) is 6.66. The molecule has 0 aliphatic carbocycles. The summed E-state index contributed by atoms with van der Waals surface area (Å²) in [5.41, 5.74) is 2.55. The largest absolute Gasteiger partial charge is 0.285 e. The lowest BCUT2D eigenvalue weighted by molar-refractivity contribution is -0.385. The summed E-state index contributed by atoms with van der Waals surface area (Å²) >= 11 is 0. The molecule has 6 heteroatoms. The first-order valence-corrected chi connectivity index (χ1v) is 9.30. The lowest BCUT2D eigenvalue weighted by atomic mass is 10.0. The van der Waals surface area contributed by atoms with Crippen LogP contribution in [0.5, 0.6) is 0 Å². The fourth-order valence-corrected chi connectivity index (χ4v) is 3.24. The molecule has 0 radical (unpaired) electrons. The molecule has 26 heavy (non-hydrogen) atoms. The molecule has 0 saturated heterocycles. The third-order valence-corrected chi connectivity index (χ3v) is 4.75. The van der Waals surface area contributed by atoms with Crippen LogP contribution in [0.2, 0.25) is 0 Å². The van der Waals surface area contributed by atoms with Crippen molar-refractivity contribution in [2.75, 3.05) is 0 Å². The Morgan fingerprint density at radius 1 is 1.12 bits per heavy atom. The van der Waals surface area contributed by atoms with Gasteiger partial charge in [0, 0.05) is 11.8 Å². The zero-order valence-electron chi connectivity index (χ0n) is 15.8. The standard InChI is InChI=1S/C20H27N3O3/c1-4-5-6-7-8-9-12-17-15(2)21-22(16(17)3)20(24)18-13-10-11-14-19(18)23(25)26/h10-11,13-14H,4-9,12H2,1-3H3. The number of rotatable bonds is 9. The van der Waals surface area contributed by atoms with Gasteiger partial charge in [0.1, 0.15) is 5.56 Å². The van der Waals surface area contributed by atoms with Gasteiger partial charge in [-0.2, -0.15) is 5.10 Å². The monoisotopic (exact) mass is 357 g/mol. The molecule has 0 saturated carbocycles. The molecule has 0 aliphatic rings. The fraction of sp³-hybridized carbons (Fsp3) is 0.500. The maximum absolute atomic E-state index is 12.8. The van der Waals surface area contributed by atoms with Crippen LogP contribution in [-0.2, 0) is 6.42 Å². The average Bonchev–Trinajstić information content (AvgIpc) is 2.91. The van der Waals surface area contributed by atoms with E-state index >= 15 is 0 Å². The van der Waals surface area contributed by atoms with Gasteiger partial charge in [-0.15, -0.1) is 0 Å². The molecule has 1 heterocycles. The predicted octanol–water partition coefficient (Wildman–Crippen LogP) is 5.00. The molecule has 0 amide bonds. The maximum Gasteiger partial charge on any atom is 0.285 e. The van der Waals surface area contributed by atoms with Crippen molar-refractivity contribution >= 4 is 11.6 Å². The molecule has 0 fully saturated rings. The zero-order chi connectivity index (χ0) is 19.1. The molecule has 0 spiro atoms. The van der Waals surface area contributed by atoms with E-state index < -0.39 is 10.8 Å². The highest BCUT2D eigenvalue weighted by Gasteiger charge is 2.24. The van der Waals surface area contributed by atoms with Gasteiger partial charge in [0.15, 0.2) is 0 Å². The lowest BCUT2D eigenvalue weighted by Crippen LogP contribution is -2.17. The van der Waals surface area contributed by atoms with E-state index in [2.05, 4.69) is 12.0 Å². The van der Waals surface area contributed by atoms with Crippen LogP contribution in [0.15, 0.2) is 24.3 Å². The number of carbonyl (C=O) groups excluding carboxylic acids is 1. The molecule has 1 aromatic heterocycles. The van der Waals surface area contributed by atoms with Gasteiger partial charge >= 0.3 is 0 Å². The van der Waals surface area contributed by atoms with E-state index in [1.54, 1.807) is 12.1 Å². The Labute approximate surface area is 154 Å². The molecular formula is C20H27N3O3. The summed E-state index contributed by atoms with van der Waals surface area (Å²) in [6.45, 7) is 5.96. The predicted molar refractivity (Wildman–Crippen MR) is 102 cm³/mol. The quantitative estimate of drug-likeness (QED) is 0.359. The Bertz CT molecular complexity index is 781. The smallest absolute Gasteiger partial charge is 0.266 e. The fourth-order valence-electron chi connectivity index (χ4n) is 3.24. The number of carbonyl (C=O) groups is 1. The van der Waals surface area contributed by atoms with Crippen molar-refractivity contribution in [1.82, 2.24) is 9.78 Å². The van der Waals surface area contributed by atoms with Crippen LogP contribution >= 0.6 is 0 Å². The highest BCUT2D eigenvalue weighted by molar-refractivity contribution is 5.99. The first kappa shape index (κ1) is 19.8. The van der Waals surface area contributed by atoms with Crippen LogP contribution in [0.1, 0.15) is 72.8 Å². The molecular weight excluding hydrogens is 330 g/mol. The van der Waals surface area contributed by atoms with Gasteiger partial charge < -0.3 is 0 Å². The molecule has 0 unspecified atom stereocenters. The van der Waals surface area contributed by atoms with Crippen molar-refractivity contribution in [3.8, 4) is 0 Å². The highest BCUT2D eigenvalue weighted by Crippen LogP contribution is 2.22. The topological polar surface area (TPSA) is 78.0 Å². The van der Waals surface area contributed by atoms with Crippen LogP contribution in [0.25, 0.3) is 0 Å². The average molecular weight is 357 g/mol. The van der Waals surface area contributed by atoms with Crippen LogP contribution in [0.4, 0.5) is 5.69 Å². The number of hydrogen-bond donors (Lipinski definition) is 0. The second kappa shape index (κ2) is 9.27. The van der Waals surface area contributed by atoms with E-state index in [1.807, 2.05) is 13.8 Å². The molecule has 140 valence electrons. The minimum absolute atomic E-state index is 0.0641. The summed E-state index contributed by atoms with van der Waals surface area (Å²) in [5.74, 6) is -0.452. The van der Waals surface area contributed by atoms with Gasteiger partial charge in [-0.25, -0.2) is 4.68 Å². The molecule has 0 N–H and O–H groups in total. The van der Waals surface area contributed by atoms with E-state index in [1.165, 1.54) is 48.9 Å². The van der Waals surface area contributed by atoms with Crippen molar-refractivity contribution in [3.63, 3.8) is 0 Å². The number of benzene rings is 1. The number of para-hydroxylation sites is 1. The summed E-state index contributed by atoms with van der Waals surface area (Å²) < 4.78 is 1.31. The van der Waals surface area contributed by atoms with E-state index in [4.69, 9.17) is 0 Å². The van der Waals surface area contributed by atoms with Crippen molar-refractivity contribution in [3.05, 3.63) is 56.9 Å². The minimum Gasteiger partial charge on any atom is -0.266 e. The molecule has 0 aliphatic heterocycles. The van der Waals surface area contributed by atoms with Crippen molar-refractivity contribution in [2.45, 2.75) is 65.7 Å². The van der Waals surface area contributed by atoms with Crippen LogP contribution in [0.3, 0.4) is 0 Å². The van der Waals surface area contributed by atoms with Gasteiger partial charge in [-0.05, 0) is 38.3 Å². The number of nitro benzene ring substituents is 1. The third-order valence-electron chi connectivity index (χ3n) is 4.75. The lowest BCUT2D eigenvalue weighted by Gasteiger charge is -2.05. The second-order valence-corrected chi connectivity index (χ2v) is 6.66. The van der Waals surface area contributed by atoms with Crippen LogP contribution < -0.4 is 0 Å². The summed E-state index contributed by atoms with van der Waals surface area (Å²) in [6.07, 6.45) is 8.13. The number of hydrogen-bond acceptors (Lipinski definition) is 4. The molecule has 2 rings (SSSR count). The molecule has 2 aromatic rings. The Hall–Kier alpha value is -2.50. The van der Waals surface area contributed by atoms with Gasteiger partial charge in [0.05, 0.1) is 10.6 Å². The van der Waals surface area contributed by atoms with Crippen molar-refractivity contribution < 1.29 is 9.72 Å². The Kier molecular flexibility index (Phi) is 7.06. The van der Waals surface area contributed by atoms with Gasteiger partial charge in [-0.3, -0.25) is 14.9 Å². The van der Waals surface area contributed by atoms with Crippen LogP contribution in [0, 0.1) is 24.0 Å². The summed E-state index contributed by atoms with van der Waals surface area (Å²) in [6, 6.07) is 6.00. The number of nitro groups is 1. The number of unbranched alkanes of at least 4 members (excludes halogenated alkanes) is 5. The van der Waals surface area contributed by atoms with E-state index in [0.717, 1.165) is 29.8 Å². The first-order valence-electron chi connectivity index (χ1n) is 9.30. The van der Waals surface area contributed by atoms with Crippen LogP contribution in [-0.4, -0.2) is 20.6 Å². The summed E-state index contributed by atoms with van der Waals surface area (Å²) in [5, 5.41) is 15.5. The third kappa shape index (κ3) is 4.56. The number of aromatic nitrogens is 2. The SMILES string of the molecule is CCCCCCCCc1c(C)nn(C(=O)c2ccccc2[N+](=O)[O-])c1C. The molecule has 1 aromatic carbocycles. The molecule has 0 atom stereocenters. The van der Waals surface area contributed by atoms with Gasteiger partial charge in [0.25, 0.3) is 11.6 Å². The van der Waals surface area contributed by atoms with Crippen molar-refractivity contribution in [2.24, 2.45) is 0 Å². The van der Waals surface area contributed by atoms with E-state index in [-0.39, 0.29) is 11.3 Å². The van der Waals surface area contributed by atoms with Crippen molar-refractivity contribution in [1.29, 1.82) is 0 Å². The number of nitrogens with zero attached hydrogens (tertiary/aromatic N) is 3. The highest BCUT2D eigenvalue weighted by atomic mass is 16.6. The summed E-state index contributed by atoms with van der Waals surface area (Å²) in [7, 11) is 0. The van der Waals surface area contributed by atoms with E-state index in [0.29, 0.717) is 0 Å². The molecule has 0 bridgehead atoms. The number of aryl methyl sites for hydroxylation is 1. The zero-order valence-corrected chi connectivity index (χ0v) is 15.8. The Morgan fingerprint density at radius 3 is 2.46 bits per heavy atom. The maximum atomic E-state index is 12.8. The molecule has 6 nitrogen and oxygen atoms in total. The van der Waals surface area contributed by atoms with Gasteiger partial charge in [0.2, 0.25) is 0 Å². The van der Waals surface area contributed by atoms with Gasteiger partial charge in [-0.1, -0.05) is 51.2 Å².